The molecule has 4 rings (SSSR count). The van der Waals surface area contributed by atoms with Crippen LogP contribution in [0.2, 0.25) is 5.02 Å². The average molecular weight is 557 g/mol. The molecule has 1 aliphatic heterocycles. The Bertz CT molecular complexity index is 1080. The van der Waals surface area contributed by atoms with Crippen molar-refractivity contribution in [1.29, 1.82) is 0 Å². The largest absolute Gasteiger partial charge is 0.418 e. The van der Waals surface area contributed by atoms with Crippen molar-refractivity contribution in [2.45, 2.75) is 50.4 Å². The maximum Gasteiger partial charge on any atom is 0.418 e. The molecule has 2 aromatic rings. The molecule has 3 N–H and O–H groups in total. The van der Waals surface area contributed by atoms with E-state index in [0.717, 1.165) is 37.3 Å². The van der Waals surface area contributed by atoms with E-state index in [1.807, 2.05) is 29.2 Å². The summed E-state index contributed by atoms with van der Waals surface area (Å²) in [7, 11) is 0. The molecule has 38 heavy (non-hydrogen) atoms. The predicted octanol–water partition coefficient (Wildman–Crippen LogP) is 5.42. The standard InChI is InChI=1S/C26H32ClF3N4O4/c27-18-2-7-21(8-3-18)32-12-1-13-33(15-14-32)25(35)17-38-22-9-4-19(5-10-22)31-20-6-11-24(34(36)37)23(16-20)26(28,29)30/h2-3,6-8,11,16,19,22,31,36-37H,1,4-5,9-10,12-15,17H2. The summed E-state index contributed by atoms with van der Waals surface area (Å²) < 4.78 is 45.8. The van der Waals surface area contributed by atoms with Crippen molar-refractivity contribution in [1.82, 2.24) is 4.90 Å². The Balaban J connectivity index is 1.21. The number of hydrogen-bond donors (Lipinski definition) is 3. The number of rotatable bonds is 7. The van der Waals surface area contributed by atoms with Gasteiger partial charge in [0.15, 0.2) is 0 Å². The third-order valence-electron chi connectivity index (χ3n) is 7.05. The molecule has 12 heteroatoms. The van der Waals surface area contributed by atoms with Gasteiger partial charge in [-0.05, 0) is 74.6 Å². The minimum Gasteiger partial charge on any atom is -0.382 e. The first kappa shape index (κ1) is 28.3. The van der Waals surface area contributed by atoms with E-state index >= 15 is 0 Å². The van der Waals surface area contributed by atoms with Crippen LogP contribution in [-0.2, 0) is 15.7 Å². The zero-order valence-corrected chi connectivity index (χ0v) is 21.6. The number of ether oxygens (including phenoxy) is 1. The first-order chi connectivity index (χ1) is 18.1. The lowest BCUT2D eigenvalue weighted by atomic mass is 9.92. The molecule has 2 fully saturated rings. The van der Waals surface area contributed by atoms with Crippen LogP contribution in [0.25, 0.3) is 0 Å². The van der Waals surface area contributed by atoms with E-state index in [-0.39, 0.29) is 30.3 Å². The molecule has 8 nitrogen and oxygen atoms in total. The summed E-state index contributed by atoms with van der Waals surface area (Å²) in [5, 5.41) is 21.4. The van der Waals surface area contributed by atoms with Crippen molar-refractivity contribution in [3.63, 3.8) is 0 Å². The Hall–Kier alpha value is -2.73. The van der Waals surface area contributed by atoms with E-state index in [2.05, 4.69) is 10.2 Å². The number of nitrogens with one attached hydrogen (secondary N) is 1. The second-order valence-corrected chi connectivity index (χ2v) is 10.1. The topological polar surface area (TPSA) is 88.5 Å². The Morgan fingerprint density at radius 2 is 1.74 bits per heavy atom. The van der Waals surface area contributed by atoms with E-state index in [4.69, 9.17) is 26.8 Å². The minimum atomic E-state index is -4.74. The number of benzene rings is 2. The summed E-state index contributed by atoms with van der Waals surface area (Å²) in [4.78, 5) is 16.9. The minimum absolute atomic E-state index is 0.0128. The molecule has 0 spiro atoms. The molecule has 1 aliphatic carbocycles. The molecule has 1 heterocycles. The molecule has 0 aromatic heterocycles. The lowest BCUT2D eigenvalue weighted by Crippen LogP contribution is -2.39. The molecule has 1 saturated heterocycles. The van der Waals surface area contributed by atoms with Crippen LogP contribution in [0.4, 0.5) is 30.2 Å². The highest BCUT2D eigenvalue weighted by molar-refractivity contribution is 6.30. The zero-order valence-electron chi connectivity index (χ0n) is 20.8. The van der Waals surface area contributed by atoms with Gasteiger partial charge in [0.1, 0.15) is 12.3 Å². The summed E-state index contributed by atoms with van der Waals surface area (Å²) in [5.74, 6) is -0.0372. The average Bonchev–Trinajstić information content (AvgIpc) is 3.14. The van der Waals surface area contributed by atoms with Crippen LogP contribution >= 0.6 is 11.6 Å². The Kier molecular flexibility index (Phi) is 9.24. The lowest BCUT2D eigenvalue weighted by molar-refractivity contribution is -0.139. The van der Waals surface area contributed by atoms with Crippen molar-refractivity contribution < 1.29 is 33.1 Å². The van der Waals surface area contributed by atoms with Gasteiger partial charge in [0.2, 0.25) is 5.91 Å². The second-order valence-electron chi connectivity index (χ2n) is 9.65. The molecule has 0 unspecified atom stereocenters. The molecule has 208 valence electrons. The van der Waals surface area contributed by atoms with E-state index in [1.54, 1.807) is 0 Å². The van der Waals surface area contributed by atoms with Crippen LogP contribution in [0.3, 0.4) is 0 Å². The Morgan fingerprint density at radius 1 is 1.03 bits per heavy atom. The fraction of sp³-hybridized carbons (Fsp3) is 0.500. The van der Waals surface area contributed by atoms with Gasteiger partial charge in [-0.15, -0.1) is 5.23 Å². The first-order valence-electron chi connectivity index (χ1n) is 12.7. The predicted molar refractivity (Wildman–Crippen MR) is 138 cm³/mol. The Labute approximate surface area is 224 Å². The fourth-order valence-electron chi connectivity index (χ4n) is 4.99. The van der Waals surface area contributed by atoms with Gasteiger partial charge in [0.25, 0.3) is 0 Å². The fourth-order valence-corrected chi connectivity index (χ4v) is 5.12. The van der Waals surface area contributed by atoms with Crippen LogP contribution in [-0.4, -0.2) is 66.2 Å². The maximum atomic E-state index is 13.3. The molecular weight excluding hydrogens is 525 g/mol. The number of carbonyl (C=O) groups is 1. The SMILES string of the molecule is O=C(COC1CCC(Nc2ccc(N(O)O)c(C(F)(F)F)c2)CC1)N1CCCN(c2ccc(Cl)cc2)CC1. The summed E-state index contributed by atoms with van der Waals surface area (Å²) in [5.41, 5.74) is -0.560. The third-order valence-corrected chi connectivity index (χ3v) is 7.30. The first-order valence-corrected chi connectivity index (χ1v) is 13.0. The molecule has 0 radical (unpaired) electrons. The van der Waals surface area contributed by atoms with Crippen LogP contribution in [0.1, 0.15) is 37.7 Å². The van der Waals surface area contributed by atoms with Gasteiger partial charge in [-0.25, -0.2) is 0 Å². The van der Waals surface area contributed by atoms with Crippen molar-refractivity contribution >= 4 is 34.6 Å². The van der Waals surface area contributed by atoms with Crippen LogP contribution in [0.15, 0.2) is 42.5 Å². The van der Waals surface area contributed by atoms with Crippen molar-refractivity contribution in [3.05, 3.63) is 53.1 Å². The molecule has 0 atom stereocenters. The summed E-state index contributed by atoms with van der Waals surface area (Å²) in [6.45, 7) is 2.89. The Morgan fingerprint density at radius 3 is 2.39 bits per heavy atom. The van der Waals surface area contributed by atoms with Gasteiger partial charge in [-0.2, -0.15) is 13.2 Å². The van der Waals surface area contributed by atoms with E-state index < -0.39 is 22.7 Å². The van der Waals surface area contributed by atoms with Crippen LogP contribution in [0.5, 0.6) is 0 Å². The van der Waals surface area contributed by atoms with Crippen molar-refractivity contribution in [3.8, 4) is 0 Å². The molecule has 2 aromatic carbocycles. The summed E-state index contributed by atoms with van der Waals surface area (Å²) >= 11 is 5.98. The van der Waals surface area contributed by atoms with Gasteiger partial charge in [-0.3, -0.25) is 15.2 Å². The lowest BCUT2D eigenvalue weighted by Gasteiger charge is -2.30. The number of amides is 1. The van der Waals surface area contributed by atoms with E-state index in [9.17, 15) is 18.0 Å². The second kappa shape index (κ2) is 12.4. The quantitative estimate of drug-likeness (QED) is 0.392. The molecular formula is C26H32ClF3N4O4. The van der Waals surface area contributed by atoms with Crippen molar-refractivity contribution in [2.24, 2.45) is 0 Å². The summed E-state index contributed by atoms with van der Waals surface area (Å²) in [6, 6.07) is 10.9. The van der Waals surface area contributed by atoms with Gasteiger partial charge < -0.3 is 19.9 Å². The normalized spacial score (nSPS) is 20.7. The van der Waals surface area contributed by atoms with Crippen molar-refractivity contribution in [2.75, 3.05) is 48.2 Å². The van der Waals surface area contributed by atoms with Crippen LogP contribution < -0.4 is 15.4 Å². The monoisotopic (exact) mass is 556 g/mol. The zero-order chi connectivity index (χ0) is 27.3. The molecule has 1 amide bonds. The highest BCUT2D eigenvalue weighted by Crippen LogP contribution is 2.38. The molecule has 1 saturated carbocycles. The molecule has 2 aliphatic rings. The number of hydrogen-bond acceptors (Lipinski definition) is 7. The smallest absolute Gasteiger partial charge is 0.382 e. The van der Waals surface area contributed by atoms with Gasteiger partial charge in [-0.1, -0.05) is 11.6 Å². The number of halogens is 4. The van der Waals surface area contributed by atoms with Crippen LogP contribution in [0, 0.1) is 0 Å². The number of alkyl halides is 3. The highest BCUT2D eigenvalue weighted by Gasteiger charge is 2.35. The highest BCUT2D eigenvalue weighted by atomic mass is 35.5. The van der Waals surface area contributed by atoms with E-state index in [0.29, 0.717) is 43.8 Å². The van der Waals surface area contributed by atoms with Gasteiger partial charge in [0, 0.05) is 48.6 Å². The third kappa shape index (κ3) is 7.43. The maximum absolute atomic E-state index is 13.3. The van der Waals surface area contributed by atoms with Gasteiger partial charge >= 0.3 is 6.18 Å². The van der Waals surface area contributed by atoms with Gasteiger partial charge in [0.05, 0.1) is 11.7 Å². The van der Waals surface area contributed by atoms with E-state index in [1.165, 1.54) is 6.07 Å². The number of carbonyl (C=O) groups excluding carboxylic acids is 1. The number of nitrogens with zero attached hydrogens (tertiary/aromatic N) is 3. The molecule has 0 bridgehead atoms. The summed E-state index contributed by atoms with van der Waals surface area (Å²) in [6.07, 6.45) is -1.25. The number of anilines is 3.